The molecule has 0 bridgehead atoms. The van der Waals surface area contributed by atoms with Gasteiger partial charge in [0.05, 0.1) is 35.3 Å². The zero-order valence-corrected chi connectivity index (χ0v) is 15.5. The van der Waals surface area contributed by atoms with Crippen LogP contribution >= 0.6 is 23.2 Å². The summed E-state index contributed by atoms with van der Waals surface area (Å²) in [5, 5.41) is 3.18. The number of nitrogens with one attached hydrogen (secondary N) is 1. The van der Waals surface area contributed by atoms with Crippen LogP contribution in [0, 0.1) is 5.82 Å². The molecule has 0 saturated heterocycles. The molecule has 1 N–H and O–H groups in total. The first kappa shape index (κ1) is 20.0. The van der Waals surface area contributed by atoms with E-state index >= 15 is 0 Å². The maximum absolute atomic E-state index is 13.4. The highest BCUT2D eigenvalue weighted by Crippen LogP contribution is 2.29. The minimum Gasteiger partial charge on any atom is -0.490 e. The van der Waals surface area contributed by atoms with Gasteiger partial charge in [-0.05, 0) is 24.3 Å². The lowest BCUT2D eigenvalue weighted by Gasteiger charge is -2.17. The largest absolute Gasteiger partial charge is 0.490 e. The first-order valence-electron chi connectivity index (χ1n) is 7.73. The first-order valence-corrected chi connectivity index (χ1v) is 8.49. The summed E-state index contributed by atoms with van der Waals surface area (Å²) in [5.41, 5.74) is 0.296. The van der Waals surface area contributed by atoms with Gasteiger partial charge in [0.15, 0.2) is 11.6 Å². The van der Waals surface area contributed by atoms with E-state index in [0.717, 1.165) is 0 Å². The van der Waals surface area contributed by atoms with Crippen molar-refractivity contribution in [2.45, 2.75) is 6.42 Å². The Kier molecular flexibility index (Phi) is 7.24. The normalized spacial score (nSPS) is 10.3. The minimum atomic E-state index is -0.496. The van der Waals surface area contributed by atoms with Crippen molar-refractivity contribution in [1.29, 1.82) is 0 Å². The van der Waals surface area contributed by atoms with E-state index in [1.165, 1.54) is 24.1 Å². The molecule has 2 aromatic rings. The van der Waals surface area contributed by atoms with Crippen LogP contribution in [0.2, 0.25) is 10.0 Å². The third-order valence-corrected chi connectivity index (χ3v) is 4.07. The van der Waals surface area contributed by atoms with Gasteiger partial charge in [0, 0.05) is 7.05 Å². The maximum Gasteiger partial charge on any atom is 0.244 e. The average molecular weight is 399 g/mol. The summed E-state index contributed by atoms with van der Waals surface area (Å²) < 4.78 is 18.7. The lowest BCUT2D eigenvalue weighted by Crippen LogP contribution is -2.35. The number of hydrogen-bond donors (Lipinski definition) is 1. The van der Waals surface area contributed by atoms with Crippen LogP contribution < -0.4 is 10.1 Å². The van der Waals surface area contributed by atoms with Crippen molar-refractivity contribution in [3.8, 4) is 5.75 Å². The second-order valence-electron chi connectivity index (χ2n) is 5.42. The van der Waals surface area contributed by atoms with E-state index in [9.17, 15) is 14.0 Å². The molecule has 0 aliphatic carbocycles. The molecule has 2 rings (SSSR count). The Bertz CT molecular complexity index is 782. The van der Waals surface area contributed by atoms with E-state index in [4.69, 9.17) is 27.9 Å². The van der Waals surface area contributed by atoms with E-state index < -0.39 is 11.7 Å². The highest BCUT2D eigenvalue weighted by Gasteiger charge is 2.15. The molecule has 0 unspecified atom stereocenters. The quantitative estimate of drug-likeness (QED) is 0.766. The number of likely N-dealkylation sites (N-methyl/N-ethyl adjacent to an activating group) is 1. The van der Waals surface area contributed by atoms with Gasteiger partial charge in [0.2, 0.25) is 11.8 Å². The Morgan fingerprint density at radius 3 is 2.42 bits per heavy atom. The fraction of sp³-hybridized carbons (Fsp3) is 0.222. The fourth-order valence-corrected chi connectivity index (χ4v) is 2.59. The first-order chi connectivity index (χ1) is 12.4. The summed E-state index contributed by atoms with van der Waals surface area (Å²) in [6, 6.07) is 10.8. The van der Waals surface area contributed by atoms with Crippen LogP contribution in [0.15, 0.2) is 42.5 Å². The van der Waals surface area contributed by atoms with Gasteiger partial charge in [-0.3, -0.25) is 9.59 Å². The average Bonchev–Trinajstić information content (AvgIpc) is 2.59. The number of carbonyl (C=O) groups excluding carboxylic acids is 2. The zero-order valence-electron chi connectivity index (χ0n) is 14.0. The van der Waals surface area contributed by atoms with Gasteiger partial charge in [0.25, 0.3) is 0 Å². The SMILES string of the molecule is CN(CC(=O)Nc1c(Cl)cccc1Cl)C(=O)CCOc1ccccc1F. The van der Waals surface area contributed by atoms with E-state index in [0.29, 0.717) is 15.7 Å². The van der Waals surface area contributed by atoms with Gasteiger partial charge in [-0.2, -0.15) is 0 Å². The molecule has 0 fully saturated rings. The monoisotopic (exact) mass is 398 g/mol. The smallest absolute Gasteiger partial charge is 0.244 e. The van der Waals surface area contributed by atoms with Crippen molar-refractivity contribution in [2.24, 2.45) is 0 Å². The molecule has 0 radical (unpaired) electrons. The molecular weight excluding hydrogens is 382 g/mol. The van der Waals surface area contributed by atoms with E-state index in [1.54, 1.807) is 30.3 Å². The number of halogens is 3. The van der Waals surface area contributed by atoms with E-state index in [-0.39, 0.29) is 31.2 Å². The molecule has 2 amide bonds. The molecule has 0 saturated carbocycles. The number of hydrogen-bond acceptors (Lipinski definition) is 3. The second-order valence-corrected chi connectivity index (χ2v) is 6.24. The summed E-state index contributed by atoms with van der Waals surface area (Å²) in [6.45, 7) is -0.178. The second kappa shape index (κ2) is 9.40. The van der Waals surface area contributed by atoms with Gasteiger partial charge in [-0.25, -0.2) is 4.39 Å². The van der Waals surface area contributed by atoms with Crippen LogP contribution in [0.3, 0.4) is 0 Å². The molecule has 26 heavy (non-hydrogen) atoms. The van der Waals surface area contributed by atoms with Crippen molar-refractivity contribution in [1.82, 2.24) is 4.90 Å². The number of nitrogens with zero attached hydrogens (tertiary/aromatic N) is 1. The topological polar surface area (TPSA) is 58.6 Å². The number of para-hydroxylation sites is 2. The van der Waals surface area contributed by atoms with Crippen molar-refractivity contribution >= 4 is 40.7 Å². The van der Waals surface area contributed by atoms with Crippen LogP contribution in [0.1, 0.15) is 6.42 Å². The zero-order chi connectivity index (χ0) is 19.1. The van der Waals surface area contributed by atoms with Crippen molar-refractivity contribution in [2.75, 3.05) is 25.5 Å². The number of carbonyl (C=O) groups is 2. The maximum atomic E-state index is 13.4. The molecule has 0 heterocycles. The predicted molar refractivity (Wildman–Crippen MR) is 99.2 cm³/mol. The van der Waals surface area contributed by atoms with Crippen LogP contribution in [0.4, 0.5) is 10.1 Å². The van der Waals surface area contributed by atoms with Crippen molar-refractivity contribution < 1.29 is 18.7 Å². The fourth-order valence-electron chi connectivity index (χ4n) is 2.10. The molecular formula is C18H17Cl2FN2O3. The molecule has 0 aliphatic heterocycles. The Morgan fingerprint density at radius 1 is 1.12 bits per heavy atom. The number of rotatable bonds is 7. The van der Waals surface area contributed by atoms with Crippen molar-refractivity contribution in [3.05, 3.63) is 58.3 Å². The number of benzene rings is 2. The summed E-state index contributed by atoms with van der Waals surface area (Å²) in [5.74, 6) is -1.18. The highest BCUT2D eigenvalue weighted by molar-refractivity contribution is 6.39. The molecule has 8 heteroatoms. The molecule has 5 nitrogen and oxygen atoms in total. The van der Waals surface area contributed by atoms with Gasteiger partial charge >= 0.3 is 0 Å². The summed E-state index contributed by atoms with van der Waals surface area (Å²) in [6.07, 6.45) is 0.00492. The summed E-state index contributed by atoms with van der Waals surface area (Å²) >= 11 is 12.0. The van der Waals surface area contributed by atoms with Crippen LogP contribution in [0.25, 0.3) is 0 Å². The minimum absolute atomic E-state index is 0.00205. The van der Waals surface area contributed by atoms with Gasteiger partial charge in [-0.15, -0.1) is 0 Å². The van der Waals surface area contributed by atoms with E-state index in [2.05, 4.69) is 5.32 Å². The number of amides is 2. The molecule has 0 aliphatic rings. The standard InChI is InChI=1S/C18H17Cl2FN2O3/c1-23(11-16(24)22-18-12(19)5-4-6-13(18)20)17(25)9-10-26-15-8-3-2-7-14(15)21/h2-8H,9-11H2,1H3,(H,22,24). The number of ether oxygens (including phenoxy) is 1. The van der Waals surface area contributed by atoms with E-state index in [1.807, 2.05) is 0 Å². The molecule has 138 valence electrons. The Morgan fingerprint density at radius 2 is 1.77 bits per heavy atom. The molecule has 2 aromatic carbocycles. The molecule has 0 spiro atoms. The highest BCUT2D eigenvalue weighted by atomic mass is 35.5. The van der Waals surface area contributed by atoms with Gasteiger partial charge in [0.1, 0.15) is 0 Å². The Hall–Kier alpha value is -2.31. The molecule has 0 atom stereocenters. The van der Waals surface area contributed by atoms with Gasteiger partial charge < -0.3 is 15.0 Å². The van der Waals surface area contributed by atoms with Crippen molar-refractivity contribution in [3.63, 3.8) is 0 Å². The third kappa shape index (κ3) is 5.61. The van der Waals surface area contributed by atoms with Crippen LogP contribution in [-0.2, 0) is 9.59 Å². The van der Waals surface area contributed by atoms with Crippen LogP contribution in [-0.4, -0.2) is 36.9 Å². The lowest BCUT2D eigenvalue weighted by atomic mass is 10.3. The third-order valence-electron chi connectivity index (χ3n) is 3.44. The summed E-state index contributed by atoms with van der Waals surface area (Å²) in [4.78, 5) is 25.4. The number of anilines is 1. The lowest BCUT2D eigenvalue weighted by molar-refractivity contribution is -0.133. The molecule has 0 aromatic heterocycles. The Labute approximate surface area is 160 Å². The van der Waals surface area contributed by atoms with Gasteiger partial charge in [-0.1, -0.05) is 41.4 Å². The predicted octanol–water partition coefficient (Wildman–Crippen LogP) is 4.00. The summed E-state index contributed by atoms with van der Waals surface area (Å²) in [7, 11) is 1.49. The Balaban J connectivity index is 1.81. The van der Waals surface area contributed by atoms with Crippen LogP contribution in [0.5, 0.6) is 5.75 Å².